The van der Waals surface area contributed by atoms with E-state index in [0.29, 0.717) is 24.4 Å². The number of amides is 2. The minimum atomic E-state index is -4.11. The van der Waals surface area contributed by atoms with Crippen LogP contribution in [0.25, 0.3) is 0 Å². The lowest BCUT2D eigenvalue weighted by Crippen LogP contribution is -2.51. The maximum atomic E-state index is 14.0. The maximum absolute atomic E-state index is 14.0. The molecule has 8 nitrogen and oxygen atoms in total. The van der Waals surface area contributed by atoms with Gasteiger partial charge in [-0.15, -0.1) is 0 Å². The number of likely N-dealkylation sites (N-methyl/N-ethyl adjacent to an activating group) is 1. The number of sulfonamides is 1. The molecule has 0 spiro atoms. The molecule has 39 heavy (non-hydrogen) atoms. The summed E-state index contributed by atoms with van der Waals surface area (Å²) in [6.45, 7) is 7.29. The number of carbonyl (C=O) groups excluding carboxylic acids is 2. The van der Waals surface area contributed by atoms with Crippen LogP contribution >= 0.6 is 0 Å². The molecule has 1 atom stereocenters. The van der Waals surface area contributed by atoms with Crippen LogP contribution in [0.15, 0.2) is 77.7 Å². The number of methoxy groups -OCH3 is 1. The molecule has 9 heteroatoms. The second kappa shape index (κ2) is 13.3. The predicted octanol–water partition coefficient (Wildman–Crippen LogP) is 4.31. The summed E-state index contributed by atoms with van der Waals surface area (Å²) < 4.78 is 34.4. The quantitative estimate of drug-likeness (QED) is 0.362. The van der Waals surface area contributed by atoms with Crippen LogP contribution in [0, 0.1) is 6.92 Å². The molecule has 3 aromatic carbocycles. The molecule has 0 aliphatic rings. The highest BCUT2D eigenvalue weighted by molar-refractivity contribution is 7.92. The number of nitrogens with zero attached hydrogens (tertiary/aromatic N) is 2. The first kappa shape index (κ1) is 29.7. The number of aryl methyl sites for hydroxylation is 2. The van der Waals surface area contributed by atoms with Crippen molar-refractivity contribution in [2.24, 2.45) is 0 Å². The Morgan fingerprint density at radius 3 is 2.31 bits per heavy atom. The molecule has 0 fully saturated rings. The molecule has 208 valence electrons. The van der Waals surface area contributed by atoms with Gasteiger partial charge in [0.15, 0.2) is 0 Å². The number of carbonyl (C=O) groups is 2. The number of benzene rings is 3. The minimum Gasteiger partial charge on any atom is -0.497 e. The smallest absolute Gasteiger partial charge is 0.264 e. The highest BCUT2D eigenvalue weighted by atomic mass is 32.2. The van der Waals surface area contributed by atoms with Crippen LogP contribution in [0.1, 0.15) is 37.5 Å². The lowest BCUT2D eigenvalue weighted by atomic mass is 10.1. The van der Waals surface area contributed by atoms with Crippen LogP contribution in [0.4, 0.5) is 5.69 Å². The van der Waals surface area contributed by atoms with Crippen molar-refractivity contribution >= 4 is 27.5 Å². The average Bonchev–Trinajstić information content (AvgIpc) is 2.94. The number of anilines is 1. The zero-order valence-electron chi connectivity index (χ0n) is 23.2. The summed E-state index contributed by atoms with van der Waals surface area (Å²) in [6.07, 6.45) is 0.577. The summed E-state index contributed by atoms with van der Waals surface area (Å²) in [4.78, 5) is 28.3. The molecule has 1 N–H and O–H groups in total. The van der Waals surface area contributed by atoms with Crippen LogP contribution < -0.4 is 14.4 Å². The van der Waals surface area contributed by atoms with E-state index in [1.807, 2.05) is 32.0 Å². The molecule has 0 unspecified atom stereocenters. The van der Waals surface area contributed by atoms with Gasteiger partial charge in [0.1, 0.15) is 18.3 Å². The molecule has 3 rings (SSSR count). The first-order chi connectivity index (χ1) is 18.6. The van der Waals surface area contributed by atoms with Gasteiger partial charge in [0.2, 0.25) is 11.8 Å². The normalized spacial score (nSPS) is 11.9. The molecule has 0 saturated carbocycles. The molecular formula is C30H37N3O5S. The van der Waals surface area contributed by atoms with E-state index in [0.717, 1.165) is 21.0 Å². The van der Waals surface area contributed by atoms with Gasteiger partial charge in [-0.1, -0.05) is 55.0 Å². The highest BCUT2D eigenvalue weighted by Crippen LogP contribution is 2.28. The summed E-state index contributed by atoms with van der Waals surface area (Å²) in [5.74, 6) is -0.208. The van der Waals surface area contributed by atoms with Crippen LogP contribution in [-0.2, 0) is 32.6 Å². The SMILES string of the molecule is CCNC(=O)[C@@H](C)N(Cc1cccc(OC)c1)C(=O)CN(c1ccccc1CC)S(=O)(=O)c1ccc(C)cc1. The van der Waals surface area contributed by atoms with E-state index in [1.165, 1.54) is 4.90 Å². The fraction of sp³-hybridized carbons (Fsp3) is 0.333. The second-order valence-corrected chi connectivity index (χ2v) is 11.1. The number of rotatable bonds is 12. The van der Waals surface area contributed by atoms with Gasteiger partial charge < -0.3 is 15.0 Å². The summed E-state index contributed by atoms with van der Waals surface area (Å²) in [7, 11) is -2.55. The Morgan fingerprint density at radius 2 is 1.67 bits per heavy atom. The van der Waals surface area contributed by atoms with Gasteiger partial charge in [0, 0.05) is 13.1 Å². The Kier molecular flexibility index (Phi) is 10.1. The third-order valence-corrected chi connectivity index (χ3v) is 8.31. The Morgan fingerprint density at radius 1 is 0.974 bits per heavy atom. The van der Waals surface area contributed by atoms with Crippen LogP contribution in [0.2, 0.25) is 0 Å². The Bertz CT molecular complexity index is 1390. The largest absolute Gasteiger partial charge is 0.497 e. The number of hydrogen-bond acceptors (Lipinski definition) is 5. The van der Waals surface area contributed by atoms with Gasteiger partial charge in [-0.3, -0.25) is 13.9 Å². The molecule has 0 aliphatic carbocycles. The Balaban J connectivity index is 2.07. The van der Waals surface area contributed by atoms with Gasteiger partial charge in [-0.05, 0) is 68.7 Å². The van der Waals surface area contributed by atoms with Crippen molar-refractivity contribution in [2.75, 3.05) is 24.5 Å². The molecular weight excluding hydrogens is 514 g/mol. The van der Waals surface area contributed by atoms with Gasteiger partial charge >= 0.3 is 0 Å². The molecule has 0 heterocycles. The first-order valence-electron chi connectivity index (χ1n) is 13.0. The van der Waals surface area contributed by atoms with Gasteiger partial charge in [-0.2, -0.15) is 0 Å². The molecule has 0 radical (unpaired) electrons. The lowest BCUT2D eigenvalue weighted by molar-refractivity contribution is -0.139. The average molecular weight is 552 g/mol. The molecule has 3 aromatic rings. The zero-order chi connectivity index (χ0) is 28.6. The number of ether oxygens (including phenoxy) is 1. The van der Waals surface area contributed by atoms with Crippen molar-refractivity contribution in [1.82, 2.24) is 10.2 Å². The standard InChI is InChI=1S/C30H37N3O5S/c1-6-25-12-8-9-14-28(25)33(39(36,37)27-17-15-22(3)16-18-27)21-29(34)32(23(4)30(35)31-7-2)20-24-11-10-13-26(19-24)38-5/h8-19,23H,6-7,20-21H2,1-5H3,(H,31,35)/t23-/m1/s1. The monoisotopic (exact) mass is 551 g/mol. The van der Waals surface area contributed by atoms with E-state index in [4.69, 9.17) is 4.74 Å². The van der Waals surface area contributed by atoms with Crippen LogP contribution in [-0.4, -0.2) is 51.4 Å². The minimum absolute atomic E-state index is 0.0860. The third-order valence-electron chi connectivity index (χ3n) is 6.53. The van der Waals surface area contributed by atoms with Gasteiger partial charge in [-0.25, -0.2) is 8.42 Å². The molecule has 0 saturated heterocycles. The predicted molar refractivity (Wildman–Crippen MR) is 153 cm³/mol. The third kappa shape index (κ3) is 7.17. The second-order valence-electron chi connectivity index (χ2n) is 9.25. The molecule has 2 amide bonds. The summed E-state index contributed by atoms with van der Waals surface area (Å²) in [5, 5.41) is 2.76. The van der Waals surface area contributed by atoms with E-state index < -0.39 is 28.5 Å². The topological polar surface area (TPSA) is 96.0 Å². The van der Waals surface area contributed by atoms with Crippen molar-refractivity contribution in [3.63, 3.8) is 0 Å². The first-order valence-corrected chi connectivity index (χ1v) is 14.4. The molecule has 0 bridgehead atoms. The number of para-hydroxylation sites is 1. The van der Waals surface area contributed by atoms with Gasteiger partial charge in [0.05, 0.1) is 17.7 Å². The zero-order valence-corrected chi connectivity index (χ0v) is 24.0. The maximum Gasteiger partial charge on any atom is 0.264 e. The molecule has 0 aromatic heterocycles. The van der Waals surface area contributed by atoms with Crippen molar-refractivity contribution in [2.45, 2.75) is 51.6 Å². The van der Waals surface area contributed by atoms with Crippen LogP contribution in [0.3, 0.4) is 0 Å². The van der Waals surface area contributed by atoms with Crippen molar-refractivity contribution in [3.8, 4) is 5.75 Å². The highest BCUT2D eigenvalue weighted by Gasteiger charge is 2.33. The molecule has 0 aliphatic heterocycles. The Hall–Kier alpha value is -3.85. The lowest BCUT2D eigenvalue weighted by Gasteiger charge is -2.32. The fourth-order valence-electron chi connectivity index (χ4n) is 4.28. The Labute approximate surface area is 231 Å². The summed E-state index contributed by atoms with van der Waals surface area (Å²) in [6, 6.07) is 20.1. The fourth-order valence-corrected chi connectivity index (χ4v) is 5.73. The van der Waals surface area contributed by atoms with Crippen molar-refractivity contribution < 1.29 is 22.7 Å². The van der Waals surface area contributed by atoms with Crippen LogP contribution in [0.5, 0.6) is 5.75 Å². The van der Waals surface area contributed by atoms with Crippen molar-refractivity contribution in [3.05, 3.63) is 89.5 Å². The van der Waals surface area contributed by atoms with Crippen molar-refractivity contribution in [1.29, 1.82) is 0 Å². The van der Waals surface area contributed by atoms with E-state index >= 15 is 0 Å². The van der Waals surface area contributed by atoms with E-state index in [-0.39, 0.29) is 17.3 Å². The summed E-state index contributed by atoms with van der Waals surface area (Å²) in [5.41, 5.74) is 2.89. The van der Waals surface area contributed by atoms with Gasteiger partial charge in [0.25, 0.3) is 10.0 Å². The number of hydrogen-bond donors (Lipinski definition) is 1. The van der Waals surface area contributed by atoms with E-state index in [2.05, 4.69) is 5.32 Å². The summed E-state index contributed by atoms with van der Waals surface area (Å²) >= 11 is 0. The van der Waals surface area contributed by atoms with E-state index in [9.17, 15) is 18.0 Å². The number of nitrogens with one attached hydrogen (secondary N) is 1. The van der Waals surface area contributed by atoms with E-state index in [1.54, 1.807) is 75.6 Å².